The SMILES string of the molecule is O=C(Nc1ccc(Oc2cccnc2)cc1)C1CCN(Cc2cnc[nH]2)CC1. The Morgan fingerprint density at radius 1 is 1.11 bits per heavy atom. The quantitative estimate of drug-likeness (QED) is 0.687. The summed E-state index contributed by atoms with van der Waals surface area (Å²) < 4.78 is 5.72. The maximum Gasteiger partial charge on any atom is 0.227 e. The van der Waals surface area contributed by atoms with Gasteiger partial charge in [0.2, 0.25) is 5.91 Å². The average molecular weight is 377 g/mol. The van der Waals surface area contributed by atoms with Gasteiger partial charge in [0.1, 0.15) is 11.5 Å². The van der Waals surface area contributed by atoms with E-state index in [4.69, 9.17) is 4.74 Å². The first kappa shape index (κ1) is 18.2. The van der Waals surface area contributed by atoms with Gasteiger partial charge in [-0.05, 0) is 62.3 Å². The van der Waals surface area contributed by atoms with Gasteiger partial charge in [-0.25, -0.2) is 4.98 Å². The van der Waals surface area contributed by atoms with Crippen molar-refractivity contribution in [3.05, 3.63) is 67.0 Å². The Kier molecular flexibility index (Phi) is 5.63. The van der Waals surface area contributed by atoms with Crippen molar-refractivity contribution >= 4 is 11.6 Å². The van der Waals surface area contributed by atoms with E-state index < -0.39 is 0 Å². The highest BCUT2D eigenvalue weighted by atomic mass is 16.5. The molecule has 144 valence electrons. The van der Waals surface area contributed by atoms with E-state index in [-0.39, 0.29) is 11.8 Å². The molecule has 0 radical (unpaired) electrons. The third-order valence-electron chi connectivity index (χ3n) is 4.90. The number of likely N-dealkylation sites (tertiary alicyclic amines) is 1. The first-order valence-electron chi connectivity index (χ1n) is 9.45. The standard InChI is InChI=1S/C21H23N5O2/c27-21(16-7-10-26(11-8-16)14-18-12-23-15-24-18)25-17-3-5-19(6-4-17)28-20-2-1-9-22-13-20/h1-6,9,12-13,15-16H,7-8,10-11,14H2,(H,23,24)(H,25,27). The van der Waals surface area contributed by atoms with Crippen LogP contribution in [0.25, 0.3) is 0 Å². The van der Waals surface area contributed by atoms with Gasteiger partial charge in [-0.1, -0.05) is 0 Å². The monoisotopic (exact) mass is 377 g/mol. The Labute approximate surface area is 163 Å². The largest absolute Gasteiger partial charge is 0.456 e. The molecule has 1 amide bonds. The van der Waals surface area contributed by atoms with E-state index in [2.05, 4.69) is 25.2 Å². The Balaban J connectivity index is 1.26. The number of pyridine rings is 1. The zero-order valence-corrected chi connectivity index (χ0v) is 15.5. The summed E-state index contributed by atoms with van der Waals surface area (Å²) in [5, 5.41) is 3.02. The van der Waals surface area contributed by atoms with Crippen LogP contribution < -0.4 is 10.1 Å². The summed E-state index contributed by atoms with van der Waals surface area (Å²) in [4.78, 5) is 26.1. The van der Waals surface area contributed by atoms with E-state index in [0.29, 0.717) is 11.5 Å². The maximum atomic E-state index is 12.6. The Hall–Kier alpha value is -3.19. The molecule has 0 saturated carbocycles. The molecule has 1 aliphatic heterocycles. The molecule has 0 atom stereocenters. The molecule has 7 nitrogen and oxygen atoms in total. The number of amides is 1. The number of benzene rings is 1. The molecule has 3 heterocycles. The molecular weight excluding hydrogens is 354 g/mol. The minimum Gasteiger partial charge on any atom is -0.456 e. The number of aromatic amines is 1. The van der Waals surface area contributed by atoms with Gasteiger partial charge < -0.3 is 15.0 Å². The number of piperidine rings is 1. The Morgan fingerprint density at radius 2 is 1.93 bits per heavy atom. The van der Waals surface area contributed by atoms with Crippen molar-refractivity contribution in [1.82, 2.24) is 19.9 Å². The van der Waals surface area contributed by atoms with E-state index in [1.54, 1.807) is 18.7 Å². The molecule has 0 bridgehead atoms. The molecule has 1 aliphatic rings. The predicted molar refractivity (Wildman–Crippen MR) is 106 cm³/mol. The second-order valence-corrected chi connectivity index (χ2v) is 6.93. The minimum atomic E-state index is 0.0457. The zero-order valence-electron chi connectivity index (χ0n) is 15.5. The number of imidazole rings is 1. The molecule has 2 N–H and O–H groups in total. The second-order valence-electron chi connectivity index (χ2n) is 6.93. The highest BCUT2D eigenvalue weighted by Gasteiger charge is 2.25. The second kappa shape index (κ2) is 8.67. The van der Waals surface area contributed by atoms with Crippen LogP contribution in [-0.2, 0) is 11.3 Å². The fraction of sp³-hybridized carbons (Fsp3) is 0.286. The third kappa shape index (κ3) is 4.75. The number of aromatic nitrogens is 3. The van der Waals surface area contributed by atoms with E-state index in [9.17, 15) is 4.79 Å². The van der Waals surface area contributed by atoms with Crippen molar-refractivity contribution < 1.29 is 9.53 Å². The molecule has 28 heavy (non-hydrogen) atoms. The van der Waals surface area contributed by atoms with Gasteiger partial charge in [0, 0.05) is 36.2 Å². The summed E-state index contributed by atoms with van der Waals surface area (Å²) in [6.07, 6.45) is 8.63. The Bertz CT molecular complexity index is 873. The molecule has 0 unspecified atom stereocenters. The van der Waals surface area contributed by atoms with E-state index in [1.165, 1.54) is 0 Å². The lowest BCUT2D eigenvalue weighted by Crippen LogP contribution is -2.37. The molecule has 3 aromatic rings. The summed E-state index contributed by atoms with van der Waals surface area (Å²) in [6, 6.07) is 11.1. The van der Waals surface area contributed by atoms with Crippen LogP contribution in [0.2, 0.25) is 0 Å². The fourth-order valence-corrected chi connectivity index (χ4v) is 3.36. The number of anilines is 1. The molecule has 4 rings (SSSR count). The number of nitrogens with zero attached hydrogens (tertiary/aromatic N) is 3. The lowest BCUT2D eigenvalue weighted by Gasteiger charge is -2.30. The number of ether oxygens (including phenoxy) is 1. The third-order valence-corrected chi connectivity index (χ3v) is 4.90. The molecule has 1 fully saturated rings. The van der Waals surface area contributed by atoms with Gasteiger partial charge >= 0.3 is 0 Å². The summed E-state index contributed by atoms with van der Waals surface area (Å²) >= 11 is 0. The van der Waals surface area contributed by atoms with Crippen LogP contribution in [0.5, 0.6) is 11.5 Å². The van der Waals surface area contributed by atoms with Crippen molar-refractivity contribution in [2.24, 2.45) is 5.92 Å². The smallest absolute Gasteiger partial charge is 0.227 e. The summed E-state index contributed by atoms with van der Waals surface area (Å²) in [5.41, 5.74) is 1.89. The van der Waals surface area contributed by atoms with Gasteiger partial charge in [-0.2, -0.15) is 0 Å². The van der Waals surface area contributed by atoms with E-state index >= 15 is 0 Å². The predicted octanol–water partition coefficient (Wildman–Crippen LogP) is 3.45. The number of H-pyrrole nitrogens is 1. The minimum absolute atomic E-state index is 0.0457. The van der Waals surface area contributed by atoms with Gasteiger partial charge in [0.25, 0.3) is 0 Å². The van der Waals surface area contributed by atoms with E-state index in [0.717, 1.165) is 43.9 Å². The van der Waals surface area contributed by atoms with Crippen LogP contribution in [0.4, 0.5) is 5.69 Å². The van der Waals surface area contributed by atoms with Crippen molar-refractivity contribution in [3.8, 4) is 11.5 Å². The molecule has 7 heteroatoms. The van der Waals surface area contributed by atoms with Crippen LogP contribution in [0.1, 0.15) is 18.5 Å². The number of rotatable bonds is 6. The molecule has 2 aromatic heterocycles. The molecule has 0 aliphatic carbocycles. The summed E-state index contributed by atoms with van der Waals surface area (Å²) in [6.45, 7) is 2.68. The topological polar surface area (TPSA) is 83.1 Å². The highest BCUT2D eigenvalue weighted by Crippen LogP contribution is 2.24. The number of carbonyl (C=O) groups is 1. The first-order valence-corrected chi connectivity index (χ1v) is 9.45. The van der Waals surface area contributed by atoms with E-state index in [1.807, 2.05) is 42.6 Å². The Morgan fingerprint density at radius 3 is 2.61 bits per heavy atom. The number of nitrogens with one attached hydrogen (secondary N) is 2. The number of carbonyl (C=O) groups excluding carboxylic acids is 1. The van der Waals surface area contributed by atoms with Crippen LogP contribution >= 0.6 is 0 Å². The molecule has 0 spiro atoms. The summed E-state index contributed by atoms with van der Waals surface area (Å²) in [5.74, 6) is 1.52. The van der Waals surface area contributed by atoms with Gasteiger partial charge in [0.15, 0.2) is 0 Å². The molecular formula is C21H23N5O2. The number of hydrogen-bond donors (Lipinski definition) is 2. The fourth-order valence-electron chi connectivity index (χ4n) is 3.36. The summed E-state index contributed by atoms with van der Waals surface area (Å²) in [7, 11) is 0. The van der Waals surface area contributed by atoms with Crippen molar-refractivity contribution in [2.75, 3.05) is 18.4 Å². The first-order chi connectivity index (χ1) is 13.8. The van der Waals surface area contributed by atoms with Crippen molar-refractivity contribution in [1.29, 1.82) is 0 Å². The van der Waals surface area contributed by atoms with Crippen LogP contribution in [0, 0.1) is 5.92 Å². The number of hydrogen-bond acceptors (Lipinski definition) is 5. The van der Waals surface area contributed by atoms with Crippen LogP contribution in [0.3, 0.4) is 0 Å². The highest BCUT2D eigenvalue weighted by molar-refractivity contribution is 5.92. The zero-order chi connectivity index (χ0) is 19.2. The lowest BCUT2D eigenvalue weighted by molar-refractivity contribution is -0.121. The average Bonchev–Trinajstić information content (AvgIpc) is 3.24. The van der Waals surface area contributed by atoms with Crippen molar-refractivity contribution in [2.45, 2.75) is 19.4 Å². The normalized spacial score (nSPS) is 15.3. The van der Waals surface area contributed by atoms with Crippen molar-refractivity contribution in [3.63, 3.8) is 0 Å². The van der Waals surface area contributed by atoms with Crippen LogP contribution in [0.15, 0.2) is 61.3 Å². The molecule has 1 aromatic carbocycles. The van der Waals surface area contributed by atoms with Gasteiger partial charge in [0.05, 0.1) is 12.5 Å². The van der Waals surface area contributed by atoms with Crippen LogP contribution in [-0.4, -0.2) is 38.8 Å². The van der Waals surface area contributed by atoms with Gasteiger partial charge in [-0.3, -0.25) is 14.7 Å². The molecule has 1 saturated heterocycles. The van der Waals surface area contributed by atoms with Gasteiger partial charge in [-0.15, -0.1) is 0 Å². The lowest BCUT2D eigenvalue weighted by atomic mass is 9.95. The maximum absolute atomic E-state index is 12.6.